The van der Waals surface area contributed by atoms with Crippen molar-refractivity contribution in [3.63, 3.8) is 0 Å². The fourth-order valence-corrected chi connectivity index (χ4v) is 1.49. The summed E-state index contributed by atoms with van der Waals surface area (Å²) in [6, 6.07) is 8.94. The molecule has 0 aliphatic heterocycles. The van der Waals surface area contributed by atoms with Gasteiger partial charge in [-0.3, -0.25) is 5.32 Å². The van der Waals surface area contributed by atoms with Crippen LogP contribution >= 0.6 is 15.9 Å². The zero-order chi connectivity index (χ0) is 12.1. The minimum Gasteiger partial charge on any atom is -0.338 e. The van der Waals surface area contributed by atoms with Crippen molar-refractivity contribution in [3.8, 4) is 0 Å². The summed E-state index contributed by atoms with van der Waals surface area (Å²) in [5.41, 5.74) is 1.01. The van der Waals surface area contributed by atoms with Gasteiger partial charge in [0.05, 0.1) is 6.20 Å². The Labute approximate surface area is 106 Å². The molecule has 2 rings (SSSR count). The van der Waals surface area contributed by atoms with E-state index in [0.29, 0.717) is 12.4 Å². The average molecular weight is 296 g/mol. The van der Waals surface area contributed by atoms with Crippen molar-refractivity contribution in [2.24, 2.45) is 0 Å². The number of nitrogens with zero attached hydrogens (tertiary/aromatic N) is 1. The van der Waals surface area contributed by atoms with Gasteiger partial charge < -0.3 is 9.84 Å². The van der Waals surface area contributed by atoms with Crippen LogP contribution in [-0.2, 0) is 6.54 Å². The number of aromatic nitrogens is 1. The lowest BCUT2D eigenvalue weighted by atomic mass is 10.2. The Morgan fingerprint density at radius 1 is 1.29 bits per heavy atom. The van der Waals surface area contributed by atoms with Crippen molar-refractivity contribution < 1.29 is 9.32 Å². The van der Waals surface area contributed by atoms with E-state index < -0.39 is 0 Å². The third-order valence-corrected chi connectivity index (χ3v) is 2.57. The number of urea groups is 1. The summed E-state index contributed by atoms with van der Waals surface area (Å²) in [5.74, 6) is 0.318. The van der Waals surface area contributed by atoms with Gasteiger partial charge in [-0.25, -0.2) is 4.79 Å². The molecule has 0 bridgehead atoms. The first kappa shape index (κ1) is 11.7. The zero-order valence-corrected chi connectivity index (χ0v) is 10.4. The van der Waals surface area contributed by atoms with E-state index in [9.17, 15) is 4.79 Å². The number of carbonyl (C=O) groups is 1. The van der Waals surface area contributed by atoms with E-state index in [4.69, 9.17) is 4.52 Å². The van der Waals surface area contributed by atoms with Crippen molar-refractivity contribution in [2.45, 2.75) is 6.54 Å². The van der Waals surface area contributed by atoms with Gasteiger partial charge in [0.1, 0.15) is 0 Å². The third-order valence-electron chi connectivity index (χ3n) is 2.04. The maximum atomic E-state index is 11.4. The van der Waals surface area contributed by atoms with Crippen LogP contribution in [0.5, 0.6) is 0 Å². The summed E-state index contributed by atoms with van der Waals surface area (Å²) in [6.07, 6.45) is 1.46. The van der Waals surface area contributed by atoms with Gasteiger partial charge in [0, 0.05) is 17.1 Å². The Bertz CT molecular complexity index is 482. The number of nitrogens with one attached hydrogen (secondary N) is 2. The van der Waals surface area contributed by atoms with Crippen LogP contribution in [0.15, 0.2) is 45.5 Å². The second-order valence-electron chi connectivity index (χ2n) is 3.31. The van der Waals surface area contributed by atoms with Gasteiger partial charge in [0.2, 0.25) is 5.88 Å². The Morgan fingerprint density at radius 2 is 2.06 bits per heavy atom. The number of hydrogen-bond acceptors (Lipinski definition) is 3. The average Bonchev–Trinajstić information content (AvgIpc) is 2.81. The lowest BCUT2D eigenvalue weighted by Gasteiger charge is -2.05. The molecule has 17 heavy (non-hydrogen) atoms. The molecule has 1 heterocycles. The number of amides is 2. The first-order valence-electron chi connectivity index (χ1n) is 4.94. The van der Waals surface area contributed by atoms with Gasteiger partial charge in [0.15, 0.2) is 0 Å². The quantitative estimate of drug-likeness (QED) is 0.915. The highest BCUT2D eigenvalue weighted by Gasteiger charge is 2.03. The van der Waals surface area contributed by atoms with Gasteiger partial charge in [-0.1, -0.05) is 33.2 Å². The van der Waals surface area contributed by atoms with Crippen LogP contribution in [0, 0.1) is 0 Å². The predicted molar refractivity (Wildman–Crippen MR) is 66.5 cm³/mol. The largest absolute Gasteiger partial charge is 0.338 e. The smallest absolute Gasteiger partial charge is 0.321 e. The van der Waals surface area contributed by atoms with Crippen LogP contribution in [0.25, 0.3) is 0 Å². The summed E-state index contributed by atoms with van der Waals surface area (Å²) in [5, 5.41) is 8.70. The van der Waals surface area contributed by atoms with Crippen molar-refractivity contribution >= 4 is 27.8 Å². The van der Waals surface area contributed by atoms with E-state index in [0.717, 1.165) is 10.0 Å². The fraction of sp³-hybridized carbons (Fsp3) is 0.0909. The van der Waals surface area contributed by atoms with Crippen molar-refractivity contribution in [1.29, 1.82) is 0 Å². The summed E-state index contributed by atoms with van der Waals surface area (Å²) in [7, 11) is 0. The first-order valence-corrected chi connectivity index (χ1v) is 5.73. The number of halogens is 1. The highest BCUT2D eigenvalue weighted by atomic mass is 79.9. The lowest BCUT2D eigenvalue weighted by Crippen LogP contribution is -2.27. The summed E-state index contributed by atoms with van der Waals surface area (Å²) >= 11 is 3.35. The first-order chi connectivity index (χ1) is 8.24. The molecule has 0 spiro atoms. The molecule has 0 radical (unpaired) electrons. The maximum Gasteiger partial charge on any atom is 0.321 e. The van der Waals surface area contributed by atoms with E-state index in [1.165, 1.54) is 6.20 Å². The van der Waals surface area contributed by atoms with E-state index in [2.05, 4.69) is 31.7 Å². The molecular weight excluding hydrogens is 286 g/mol. The zero-order valence-electron chi connectivity index (χ0n) is 8.81. The highest BCUT2D eigenvalue weighted by Crippen LogP contribution is 2.10. The normalized spacial score (nSPS) is 9.94. The molecule has 0 fully saturated rings. The fourth-order valence-electron chi connectivity index (χ4n) is 1.22. The molecule has 6 heteroatoms. The summed E-state index contributed by atoms with van der Waals surface area (Å²) < 4.78 is 5.75. The molecule has 0 atom stereocenters. The minimum atomic E-state index is -0.329. The molecule has 5 nitrogen and oxygen atoms in total. The van der Waals surface area contributed by atoms with Crippen LogP contribution in [0.2, 0.25) is 0 Å². The number of carbonyl (C=O) groups excluding carboxylic acids is 1. The number of benzene rings is 1. The van der Waals surface area contributed by atoms with E-state index in [1.807, 2.05) is 24.3 Å². The van der Waals surface area contributed by atoms with Crippen LogP contribution in [0.3, 0.4) is 0 Å². The molecule has 0 saturated heterocycles. The van der Waals surface area contributed by atoms with Gasteiger partial charge >= 0.3 is 6.03 Å². The standard InChI is InChI=1S/C11H10BrN3O2/c12-9-3-1-8(2-4-9)7-13-11(16)15-10-5-6-14-17-10/h1-6H,7H2,(H2,13,15,16). The molecule has 2 aromatic rings. The Hall–Kier alpha value is -1.82. The molecule has 1 aromatic carbocycles. The molecule has 2 amide bonds. The van der Waals surface area contributed by atoms with Crippen LogP contribution in [0.1, 0.15) is 5.56 Å². The second kappa shape index (κ2) is 5.49. The molecular formula is C11H10BrN3O2. The molecule has 0 saturated carbocycles. The number of hydrogen-bond donors (Lipinski definition) is 2. The van der Waals surface area contributed by atoms with Crippen LogP contribution in [-0.4, -0.2) is 11.2 Å². The molecule has 0 aliphatic carbocycles. The van der Waals surface area contributed by atoms with Gasteiger partial charge in [-0.2, -0.15) is 0 Å². The van der Waals surface area contributed by atoms with E-state index in [1.54, 1.807) is 6.07 Å². The monoisotopic (exact) mass is 295 g/mol. The van der Waals surface area contributed by atoms with Crippen LogP contribution in [0.4, 0.5) is 10.7 Å². The number of rotatable bonds is 3. The van der Waals surface area contributed by atoms with Gasteiger partial charge in [-0.05, 0) is 17.7 Å². The van der Waals surface area contributed by atoms with Crippen molar-refractivity contribution in [3.05, 3.63) is 46.6 Å². The lowest BCUT2D eigenvalue weighted by molar-refractivity contribution is 0.251. The molecule has 2 N–H and O–H groups in total. The van der Waals surface area contributed by atoms with Crippen molar-refractivity contribution in [1.82, 2.24) is 10.5 Å². The molecule has 88 valence electrons. The molecule has 1 aromatic heterocycles. The summed E-state index contributed by atoms with van der Waals surface area (Å²) in [4.78, 5) is 11.4. The van der Waals surface area contributed by atoms with Crippen LogP contribution < -0.4 is 10.6 Å². The number of anilines is 1. The SMILES string of the molecule is O=C(NCc1ccc(Br)cc1)Nc1ccno1. The second-order valence-corrected chi connectivity index (χ2v) is 4.23. The Morgan fingerprint density at radius 3 is 2.71 bits per heavy atom. The minimum absolute atomic E-state index is 0.318. The summed E-state index contributed by atoms with van der Waals surface area (Å²) in [6.45, 7) is 0.452. The van der Waals surface area contributed by atoms with Crippen molar-refractivity contribution in [2.75, 3.05) is 5.32 Å². The topological polar surface area (TPSA) is 67.2 Å². The third kappa shape index (κ3) is 3.60. The van der Waals surface area contributed by atoms with E-state index >= 15 is 0 Å². The highest BCUT2D eigenvalue weighted by molar-refractivity contribution is 9.10. The Kier molecular flexibility index (Phi) is 3.77. The Balaban J connectivity index is 1.82. The van der Waals surface area contributed by atoms with Gasteiger partial charge in [0.25, 0.3) is 0 Å². The molecule has 0 unspecified atom stereocenters. The van der Waals surface area contributed by atoms with Gasteiger partial charge in [-0.15, -0.1) is 0 Å². The predicted octanol–water partition coefficient (Wildman–Crippen LogP) is 2.76. The van der Waals surface area contributed by atoms with E-state index in [-0.39, 0.29) is 6.03 Å². The molecule has 0 aliphatic rings. The maximum absolute atomic E-state index is 11.4.